The van der Waals surface area contributed by atoms with Gasteiger partial charge in [0.25, 0.3) is 0 Å². The summed E-state index contributed by atoms with van der Waals surface area (Å²) in [7, 11) is 0. The van der Waals surface area contributed by atoms with Crippen LogP contribution in [0.4, 0.5) is 8.78 Å². The molecule has 0 saturated carbocycles. The molecule has 1 aliphatic rings. The molecule has 0 bridgehead atoms. The number of furan rings is 1. The Labute approximate surface area is 160 Å². The Morgan fingerprint density at radius 1 is 1.29 bits per heavy atom. The molecule has 3 N–H and O–H groups in total. The summed E-state index contributed by atoms with van der Waals surface area (Å²) in [5, 5.41) is 16.1. The Morgan fingerprint density at radius 3 is 2.75 bits per heavy atom. The molecule has 1 aromatic heterocycles. The van der Waals surface area contributed by atoms with Gasteiger partial charge in [-0.3, -0.25) is 0 Å². The minimum atomic E-state index is -2.97. The second kappa shape index (κ2) is 9.27. The summed E-state index contributed by atoms with van der Waals surface area (Å²) in [5.41, 5.74) is 0.410. The van der Waals surface area contributed by atoms with E-state index in [1.165, 1.54) is 12.3 Å². The first kappa shape index (κ1) is 19.7. The van der Waals surface area contributed by atoms with Gasteiger partial charge in [-0.05, 0) is 25.1 Å². The molecule has 0 aliphatic carbocycles. The third-order valence-corrected chi connectivity index (χ3v) is 3.86. The van der Waals surface area contributed by atoms with Crippen molar-refractivity contribution in [2.75, 3.05) is 19.9 Å². The van der Waals surface area contributed by atoms with E-state index in [2.05, 4.69) is 20.4 Å². The molecule has 1 aliphatic heterocycles. The SMILES string of the molecule is CCNC(=NCc1cc2c(cc1OC(F)F)OCO2)NCC(O)c1ccco1. The first-order valence-electron chi connectivity index (χ1n) is 8.67. The molecular formula is C18H21F2N3O5. The van der Waals surface area contributed by atoms with Crippen molar-refractivity contribution in [3.63, 3.8) is 0 Å². The average Bonchev–Trinajstić information content (AvgIpc) is 3.34. The number of alkyl halides is 2. The number of aliphatic imine (C=N–C) groups is 1. The van der Waals surface area contributed by atoms with Gasteiger partial charge < -0.3 is 34.4 Å². The number of aliphatic hydroxyl groups is 1. The summed E-state index contributed by atoms with van der Waals surface area (Å²) in [5.74, 6) is 1.57. The highest BCUT2D eigenvalue weighted by Crippen LogP contribution is 2.39. The second-order valence-electron chi connectivity index (χ2n) is 5.80. The van der Waals surface area contributed by atoms with Gasteiger partial charge in [0.05, 0.1) is 19.4 Å². The number of nitrogens with zero attached hydrogens (tertiary/aromatic N) is 1. The molecule has 2 aromatic rings. The highest BCUT2D eigenvalue weighted by Gasteiger charge is 2.20. The third kappa shape index (κ3) is 5.03. The number of fused-ring (bicyclic) bond motifs is 1. The second-order valence-corrected chi connectivity index (χ2v) is 5.80. The zero-order valence-electron chi connectivity index (χ0n) is 15.2. The maximum Gasteiger partial charge on any atom is 0.387 e. The number of hydrogen-bond donors (Lipinski definition) is 3. The number of ether oxygens (including phenoxy) is 3. The van der Waals surface area contributed by atoms with Crippen LogP contribution in [0.3, 0.4) is 0 Å². The highest BCUT2D eigenvalue weighted by molar-refractivity contribution is 5.79. The van der Waals surface area contributed by atoms with Crippen molar-refractivity contribution in [1.82, 2.24) is 10.6 Å². The summed E-state index contributed by atoms with van der Waals surface area (Å²) >= 11 is 0. The van der Waals surface area contributed by atoms with Gasteiger partial charge in [-0.15, -0.1) is 0 Å². The number of hydrogen-bond acceptors (Lipinski definition) is 6. The molecule has 0 amide bonds. The van der Waals surface area contributed by atoms with Gasteiger partial charge in [0.1, 0.15) is 17.6 Å². The Bertz CT molecular complexity index is 799. The van der Waals surface area contributed by atoms with Gasteiger partial charge in [-0.25, -0.2) is 4.99 Å². The van der Waals surface area contributed by atoms with Crippen molar-refractivity contribution < 1.29 is 32.5 Å². The van der Waals surface area contributed by atoms with Crippen molar-refractivity contribution in [2.45, 2.75) is 26.2 Å². The van der Waals surface area contributed by atoms with Crippen LogP contribution in [-0.2, 0) is 6.54 Å². The predicted molar refractivity (Wildman–Crippen MR) is 95.7 cm³/mol. The Morgan fingerprint density at radius 2 is 2.07 bits per heavy atom. The standard InChI is InChI=1S/C18H21F2N3O5/c1-2-21-18(23-9-12(24)13-4-3-5-25-13)22-8-11-6-15-16(27-10-26-15)7-14(11)28-17(19)20/h3-7,12,17,24H,2,8-10H2,1H3,(H2,21,22,23). The number of halogens is 2. The molecule has 0 radical (unpaired) electrons. The van der Waals surface area contributed by atoms with Gasteiger partial charge in [0, 0.05) is 18.2 Å². The van der Waals surface area contributed by atoms with E-state index in [0.29, 0.717) is 35.3 Å². The Hall–Kier alpha value is -3.01. The number of aliphatic hydroxyl groups excluding tert-OH is 1. The topological polar surface area (TPSA) is 97.5 Å². The molecule has 0 fully saturated rings. The summed E-state index contributed by atoms with van der Waals surface area (Å²) in [4.78, 5) is 4.36. The van der Waals surface area contributed by atoms with E-state index in [0.717, 1.165) is 0 Å². The van der Waals surface area contributed by atoms with Crippen molar-refractivity contribution in [1.29, 1.82) is 0 Å². The minimum absolute atomic E-state index is 0.0189. The molecule has 3 rings (SSSR count). The first-order chi connectivity index (χ1) is 13.6. The van der Waals surface area contributed by atoms with E-state index >= 15 is 0 Å². The normalized spacial score (nSPS) is 14.2. The third-order valence-electron chi connectivity index (χ3n) is 3.86. The van der Waals surface area contributed by atoms with Crippen LogP contribution in [0.2, 0.25) is 0 Å². The fourth-order valence-electron chi connectivity index (χ4n) is 2.58. The largest absolute Gasteiger partial charge is 0.467 e. The van der Waals surface area contributed by atoms with Crippen molar-refractivity contribution in [3.8, 4) is 17.2 Å². The van der Waals surface area contributed by atoms with Gasteiger partial charge in [0.2, 0.25) is 6.79 Å². The molecule has 0 spiro atoms. The fraction of sp³-hybridized carbons (Fsp3) is 0.389. The summed E-state index contributed by atoms with van der Waals surface area (Å²) < 4.78 is 45.7. The molecule has 1 aromatic carbocycles. The lowest BCUT2D eigenvalue weighted by atomic mass is 10.1. The number of nitrogens with one attached hydrogen (secondary N) is 2. The summed E-state index contributed by atoms with van der Waals surface area (Å²) in [6, 6.07) is 6.27. The molecular weight excluding hydrogens is 376 g/mol. The lowest BCUT2D eigenvalue weighted by Crippen LogP contribution is -2.39. The van der Waals surface area contributed by atoms with Crippen LogP contribution in [-0.4, -0.2) is 37.6 Å². The average molecular weight is 397 g/mol. The van der Waals surface area contributed by atoms with E-state index in [1.54, 1.807) is 18.2 Å². The molecule has 152 valence electrons. The van der Waals surface area contributed by atoms with Crippen LogP contribution < -0.4 is 24.8 Å². The zero-order valence-corrected chi connectivity index (χ0v) is 15.2. The highest BCUT2D eigenvalue weighted by atomic mass is 19.3. The molecule has 8 nitrogen and oxygen atoms in total. The van der Waals surface area contributed by atoms with E-state index in [4.69, 9.17) is 13.9 Å². The van der Waals surface area contributed by atoms with Crippen LogP contribution in [0.1, 0.15) is 24.4 Å². The maximum atomic E-state index is 12.7. The van der Waals surface area contributed by atoms with Crippen molar-refractivity contribution in [2.24, 2.45) is 4.99 Å². The van der Waals surface area contributed by atoms with E-state index in [1.807, 2.05) is 6.92 Å². The quantitative estimate of drug-likeness (QED) is 0.465. The van der Waals surface area contributed by atoms with E-state index in [9.17, 15) is 13.9 Å². The van der Waals surface area contributed by atoms with E-state index in [-0.39, 0.29) is 25.6 Å². The molecule has 0 saturated heterocycles. The van der Waals surface area contributed by atoms with Crippen LogP contribution >= 0.6 is 0 Å². The molecule has 1 unspecified atom stereocenters. The van der Waals surface area contributed by atoms with Gasteiger partial charge in [-0.1, -0.05) is 0 Å². The lowest BCUT2D eigenvalue weighted by Gasteiger charge is -2.15. The van der Waals surface area contributed by atoms with Gasteiger partial charge in [-0.2, -0.15) is 8.78 Å². The molecule has 28 heavy (non-hydrogen) atoms. The van der Waals surface area contributed by atoms with Gasteiger partial charge >= 0.3 is 6.61 Å². The molecule has 1 atom stereocenters. The van der Waals surface area contributed by atoms with Crippen LogP contribution in [0.25, 0.3) is 0 Å². The Balaban J connectivity index is 1.71. The number of benzene rings is 1. The molecule has 10 heteroatoms. The van der Waals surface area contributed by atoms with Gasteiger partial charge in [0.15, 0.2) is 17.5 Å². The summed E-state index contributed by atoms with van der Waals surface area (Å²) in [6.07, 6.45) is 0.615. The lowest BCUT2D eigenvalue weighted by molar-refractivity contribution is -0.0505. The first-order valence-corrected chi connectivity index (χ1v) is 8.67. The molecule has 2 heterocycles. The minimum Gasteiger partial charge on any atom is -0.467 e. The van der Waals surface area contributed by atoms with E-state index < -0.39 is 12.7 Å². The number of guanidine groups is 1. The van der Waals surface area contributed by atoms with Crippen LogP contribution in [0.15, 0.2) is 39.9 Å². The van der Waals surface area contributed by atoms with Crippen LogP contribution in [0.5, 0.6) is 17.2 Å². The fourth-order valence-corrected chi connectivity index (χ4v) is 2.58. The predicted octanol–water partition coefficient (Wildman–Crippen LogP) is 2.40. The monoisotopic (exact) mass is 397 g/mol. The maximum absolute atomic E-state index is 12.7. The Kier molecular flexibility index (Phi) is 6.53. The van der Waals surface area contributed by atoms with Crippen molar-refractivity contribution >= 4 is 5.96 Å². The van der Waals surface area contributed by atoms with Crippen LogP contribution in [0, 0.1) is 0 Å². The number of rotatable bonds is 8. The summed E-state index contributed by atoms with van der Waals surface area (Å²) in [6.45, 7) is -0.300. The zero-order chi connectivity index (χ0) is 19.9. The van der Waals surface area contributed by atoms with Crippen molar-refractivity contribution in [3.05, 3.63) is 41.9 Å². The smallest absolute Gasteiger partial charge is 0.387 e.